The zero-order chi connectivity index (χ0) is 16.0. The SMILES string of the molecule is C=C/C(=C(/CC(=NC)NO)N(C)N)[C@H](C)C1CC1CC=O. The number of nitrogens with one attached hydrogen (secondary N) is 1. The van der Waals surface area contributed by atoms with Crippen molar-refractivity contribution in [1.29, 1.82) is 0 Å². The fourth-order valence-corrected chi connectivity index (χ4v) is 2.83. The number of hydrogen-bond donors (Lipinski definition) is 3. The van der Waals surface area contributed by atoms with Crippen LogP contribution in [0.3, 0.4) is 0 Å². The predicted octanol–water partition coefficient (Wildman–Crippen LogP) is 1.49. The van der Waals surface area contributed by atoms with Gasteiger partial charge in [0.15, 0.2) is 0 Å². The van der Waals surface area contributed by atoms with Crippen LogP contribution < -0.4 is 11.3 Å². The summed E-state index contributed by atoms with van der Waals surface area (Å²) in [6.45, 7) is 6.02. The number of amidine groups is 1. The van der Waals surface area contributed by atoms with Crippen molar-refractivity contribution in [3.63, 3.8) is 0 Å². The molecule has 0 saturated heterocycles. The number of nitrogens with two attached hydrogens (primary N) is 1. The van der Waals surface area contributed by atoms with Gasteiger partial charge in [0.25, 0.3) is 0 Å². The Hall–Kier alpha value is -1.66. The normalized spacial score (nSPS) is 24.0. The monoisotopic (exact) mass is 294 g/mol. The Labute approximate surface area is 126 Å². The maximum Gasteiger partial charge on any atom is 0.126 e. The van der Waals surface area contributed by atoms with Crippen molar-refractivity contribution < 1.29 is 10.0 Å². The molecular weight excluding hydrogens is 268 g/mol. The van der Waals surface area contributed by atoms with Crippen molar-refractivity contribution in [3.8, 4) is 0 Å². The molecule has 4 N–H and O–H groups in total. The lowest BCUT2D eigenvalue weighted by atomic mass is 9.91. The minimum Gasteiger partial charge on any atom is -0.317 e. The highest BCUT2D eigenvalue weighted by Gasteiger charge is 2.41. The number of hydroxylamine groups is 1. The number of aldehydes is 1. The molecule has 6 nitrogen and oxygen atoms in total. The standard InChI is InChI=1S/C15H26N4O2/c1-5-12(10(2)13-8-11(13)6-7-20)14(19(4)16)9-15(17-3)18-21/h5,7,10-11,13,21H,1,6,8-9,16H2,2-4H3,(H,17,18)/b14-12+/t10-,11?,13?/m0/s1. The summed E-state index contributed by atoms with van der Waals surface area (Å²) >= 11 is 0. The van der Waals surface area contributed by atoms with E-state index in [1.54, 1.807) is 14.1 Å². The van der Waals surface area contributed by atoms with Gasteiger partial charge < -0.3 is 9.80 Å². The largest absolute Gasteiger partial charge is 0.317 e. The average Bonchev–Trinajstić information content (AvgIpc) is 3.22. The van der Waals surface area contributed by atoms with Gasteiger partial charge in [0.1, 0.15) is 12.1 Å². The van der Waals surface area contributed by atoms with E-state index in [9.17, 15) is 4.79 Å². The van der Waals surface area contributed by atoms with E-state index in [4.69, 9.17) is 11.0 Å². The molecule has 0 bridgehead atoms. The number of rotatable bonds is 8. The highest BCUT2D eigenvalue weighted by Crippen LogP contribution is 2.49. The van der Waals surface area contributed by atoms with Crippen LogP contribution in [0.1, 0.15) is 26.2 Å². The average molecular weight is 294 g/mol. The molecule has 1 rings (SSSR count). The number of carbonyl (C=O) groups excluding carboxylic acids is 1. The second-order valence-electron chi connectivity index (χ2n) is 5.53. The van der Waals surface area contributed by atoms with E-state index in [1.165, 1.54) is 5.01 Å². The summed E-state index contributed by atoms with van der Waals surface area (Å²) in [7, 11) is 3.36. The van der Waals surface area contributed by atoms with Gasteiger partial charge in [0, 0.05) is 32.6 Å². The fraction of sp³-hybridized carbons (Fsp3) is 0.600. The third-order valence-corrected chi connectivity index (χ3v) is 4.22. The summed E-state index contributed by atoms with van der Waals surface area (Å²) in [5, 5.41) is 10.6. The summed E-state index contributed by atoms with van der Waals surface area (Å²) in [5.41, 5.74) is 3.98. The van der Waals surface area contributed by atoms with E-state index in [2.05, 4.69) is 24.0 Å². The minimum atomic E-state index is 0.269. The Morgan fingerprint density at radius 2 is 2.33 bits per heavy atom. The van der Waals surface area contributed by atoms with Crippen LogP contribution in [-0.2, 0) is 4.79 Å². The summed E-state index contributed by atoms with van der Waals surface area (Å²) in [6, 6.07) is 0. The van der Waals surface area contributed by atoms with Crippen molar-refractivity contribution in [3.05, 3.63) is 23.9 Å². The molecule has 3 atom stereocenters. The quantitative estimate of drug-likeness (QED) is 0.158. The van der Waals surface area contributed by atoms with Crippen molar-refractivity contribution in [2.45, 2.75) is 26.2 Å². The third-order valence-electron chi connectivity index (χ3n) is 4.22. The van der Waals surface area contributed by atoms with Crippen molar-refractivity contribution in [2.24, 2.45) is 28.6 Å². The van der Waals surface area contributed by atoms with Crippen LogP contribution >= 0.6 is 0 Å². The summed E-state index contributed by atoms with van der Waals surface area (Å²) in [5.74, 6) is 7.59. The Balaban J connectivity index is 2.98. The number of allylic oxidation sites excluding steroid dienone is 2. The maximum absolute atomic E-state index is 10.6. The van der Waals surface area contributed by atoms with E-state index in [-0.39, 0.29) is 5.92 Å². The molecule has 2 unspecified atom stereocenters. The molecule has 21 heavy (non-hydrogen) atoms. The Bertz CT molecular complexity index is 443. The second kappa shape index (κ2) is 7.95. The molecule has 0 aromatic heterocycles. The van der Waals surface area contributed by atoms with E-state index < -0.39 is 0 Å². The van der Waals surface area contributed by atoms with Crippen LogP contribution in [-0.4, -0.2) is 36.4 Å². The van der Waals surface area contributed by atoms with E-state index in [1.807, 2.05) is 6.08 Å². The van der Waals surface area contributed by atoms with Crippen LogP contribution in [0.25, 0.3) is 0 Å². The summed E-state index contributed by atoms with van der Waals surface area (Å²) in [4.78, 5) is 14.6. The number of nitrogens with zero attached hydrogens (tertiary/aromatic N) is 2. The highest BCUT2D eigenvalue weighted by atomic mass is 16.5. The first-order chi connectivity index (χ1) is 9.99. The zero-order valence-corrected chi connectivity index (χ0v) is 13.0. The van der Waals surface area contributed by atoms with Crippen LogP contribution in [0.5, 0.6) is 0 Å². The van der Waals surface area contributed by atoms with Gasteiger partial charge in [-0.25, -0.2) is 5.84 Å². The first kappa shape index (κ1) is 17.4. The molecule has 0 heterocycles. The predicted molar refractivity (Wildman–Crippen MR) is 83.5 cm³/mol. The fourth-order valence-electron chi connectivity index (χ4n) is 2.83. The molecule has 0 amide bonds. The Morgan fingerprint density at radius 1 is 1.67 bits per heavy atom. The first-order valence-electron chi connectivity index (χ1n) is 7.13. The molecule has 1 aliphatic carbocycles. The molecule has 0 radical (unpaired) electrons. The van der Waals surface area contributed by atoms with Crippen molar-refractivity contribution in [1.82, 2.24) is 10.5 Å². The molecule has 118 valence electrons. The number of aliphatic imine (C=N–C) groups is 1. The summed E-state index contributed by atoms with van der Waals surface area (Å²) in [6.07, 6.45) is 4.88. The molecule has 1 saturated carbocycles. The third kappa shape index (κ3) is 4.41. The number of carbonyl (C=O) groups is 1. The topological polar surface area (TPSA) is 91.0 Å². The molecule has 6 heteroatoms. The lowest BCUT2D eigenvalue weighted by Gasteiger charge is -2.24. The van der Waals surface area contributed by atoms with Gasteiger partial charge in [-0.05, 0) is 29.7 Å². The van der Waals surface area contributed by atoms with Crippen LogP contribution in [0, 0.1) is 17.8 Å². The Morgan fingerprint density at radius 3 is 2.76 bits per heavy atom. The second-order valence-corrected chi connectivity index (χ2v) is 5.53. The number of hydrogen-bond acceptors (Lipinski definition) is 5. The van der Waals surface area contributed by atoms with Gasteiger partial charge in [0.2, 0.25) is 0 Å². The molecule has 0 aromatic carbocycles. The van der Waals surface area contributed by atoms with Crippen molar-refractivity contribution in [2.75, 3.05) is 14.1 Å². The summed E-state index contributed by atoms with van der Waals surface area (Å²) < 4.78 is 0. The lowest BCUT2D eigenvalue weighted by Crippen LogP contribution is -2.31. The Kier molecular flexibility index (Phi) is 6.58. The molecule has 0 spiro atoms. The first-order valence-corrected chi connectivity index (χ1v) is 7.13. The van der Waals surface area contributed by atoms with Crippen molar-refractivity contribution >= 4 is 12.1 Å². The smallest absolute Gasteiger partial charge is 0.126 e. The molecular formula is C15H26N4O2. The van der Waals surface area contributed by atoms with Gasteiger partial charge in [-0.2, -0.15) is 0 Å². The molecule has 0 aromatic rings. The molecule has 0 aliphatic heterocycles. The van der Waals surface area contributed by atoms with Gasteiger partial charge in [-0.1, -0.05) is 19.6 Å². The van der Waals surface area contributed by atoms with Gasteiger partial charge >= 0.3 is 0 Å². The van der Waals surface area contributed by atoms with Crippen LogP contribution in [0.15, 0.2) is 28.9 Å². The number of hydrazine groups is 1. The highest BCUT2D eigenvalue weighted by molar-refractivity contribution is 5.83. The van der Waals surface area contributed by atoms with E-state index in [0.29, 0.717) is 30.5 Å². The molecule has 1 fully saturated rings. The van der Waals surface area contributed by atoms with E-state index in [0.717, 1.165) is 24.0 Å². The van der Waals surface area contributed by atoms with Crippen LogP contribution in [0.4, 0.5) is 0 Å². The van der Waals surface area contributed by atoms with Gasteiger partial charge in [-0.3, -0.25) is 15.7 Å². The zero-order valence-electron chi connectivity index (χ0n) is 13.0. The van der Waals surface area contributed by atoms with Crippen LogP contribution in [0.2, 0.25) is 0 Å². The minimum absolute atomic E-state index is 0.269. The maximum atomic E-state index is 10.6. The molecule has 1 aliphatic rings. The van der Waals surface area contributed by atoms with Gasteiger partial charge in [0.05, 0.1) is 0 Å². The van der Waals surface area contributed by atoms with E-state index >= 15 is 0 Å². The van der Waals surface area contributed by atoms with Gasteiger partial charge in [-0.15, -0.1) is 0 Å². The lowest BCUT2D eigenvalue weighted by molar-refractivity contribution is -0.108.